The molecule has 0 aliphatic carbocycles. The number of ether oxygens (including phenoxy) is 2. The molecule has 0 aliphatic rings. The van der Waals surface area contributed by atoms with Gasteiger partial charge in [0.25, 0.3) is 0 Å². The molecule has 0 spiro atoms. The third-order valence-electron chi connectivity index (χ3n) is 6.19. The van der Waals surface area contributed by atoms with E-state index in [9.17, 15) is 166 Å². The molecule has 0 aromatic heterocycles. The number of halogens is 36. The van der Waals surface area contributed by atoms with Crippen LogP contribution >= 0.6 is 0 Å². The maximum absolute atomic E-state index is 13.9. The molecule has 0 aromatic carbocycles. The first-order chi connectivity index (χ1) is 25.1. The maximum atomic E-state index is 13.9. The minimum Gasteiger partial charge on any atom is -0.259 e. The van der Waals surface area contributed by atoms with E-state index in [-0.39, 0.29) is 0 Å². The number of rotatable bonds is 19. The summed E-state index contributed by atoms with van der Waals surface area (Å²) in [7, 11) is -8.98. The van der Waals surface area contributed by atoms with Gasteiger partial charge >= 0.3 is 111 Å². The lowest BCUT2D eigenvalue weighted by molar-refractivity contribution is -0.559. The van der Waals surface area contributed by atoms with Crippen molar-refractivity contribution in [3.8, 4) is 0 Å². The van der Waals surface area contributed by atoms with Crippen LogP contribution in [0.1, 0.15) is 0 Å². The molecule has 0 heterocycles. The summed E-state index contributed by atoms with van der Waals surface area (Å²) < 4.78 is 501. The number of hydrogen-bond donors (Lipinski definition) is 0. The largest absolute Gasteiger partial charge is 0.460 e. The minimum absolute atomic E-state index is 0.677. The van der Waals surface area contributed by atoms with Crippen LogP contribution in [0.15, 0.2) is 0 Å². The average molecular weight is 1010 g/mol. The molecular formula is C18H2F36O5S. The predicted molar refractivity (Wildman–Crippen MR) is 103 cm³/mol. The van der Waals surface area contributed by atoms with Crippen molar-refractivity contribution in [1.29, 1.82) is 0 Å². The standard InChI is InChI=1S/C18H2F36O5S/c19-2(20,1-57-60(55,56)18(53,54)11(37,38)8(31,32)13(42,43)44)3(21,22)4(23,24)5(25,26)6(27,28)9(33,34)14(45,46)58-16(49,50)17(51,52)59-15(47,48)10(35,36)7(29,30)12(39,40)41/h1H2. The van der Waals surface area contributed by atoms with Gasteiger partial charge in [-0.3, -0.25) is 4.18 Å². The Balaban J connectivity index is 7.05. The van der Waals surface area contributed by atoms with Crippen molar-refractivity contribution in [2.24, 2.45) is 0 Å². The highest BCUT2D eigenvalue weighted by Gasteiger charge is 2.95. The van der Waals surface area contributed by atoms with Crippen molar-refractivity contribution < 1.29 is 180 Å². The van der Waals surface area contributed by atoms with Crippen LogP contribution in [0.4, 0.5) is 158 Å². The van der Waals surface area contributed by atoms with Crippen LogP contribution in [0.5, 0.6) is 0 Å². The minimum atomic E-state index is -9.77. The predicted octanol–water partition coefficient (Wildman–Crippen LogP) is 10.8. The Morgan fingerprint density at radius 2 is 0.517 bits per heavy atom. The van der Waals surface area contributed by atoms with Gasteiger partial charge in [0.15, 0.2) is 0 Å². The molecule has 0 saturated carbocycles. The smallest absolute Gasteiger partial charge is 0.259 e. The highest BCUT2D eigenvalue weighted by Crippen LogP contribution is 2.64. The fourth-order valence-electron chi connectivity index (χ4n) is 2.77. The molecular weight excluding hydrogens is 1010 g/mol. The molecule has 0 aromatic rings. The molecule has 60 heavy (non-hydrogen) atoms. The molecule has 362 valence electrons. The number of hydrogen-bond acceptors (Lipinski definition) is 5. The summed E-state index contributed by atoms with van der Waals surface area (Å²) in [6.07, 6.45) is -51.5. The Morgan fingerprint density at radius 3 is 0.800 bits per heavy atom. The van der Waals surface area contributed by atoms with E-state index >= 15 is 0 Å². The first-order valence-corrected chi connectivity index (χ1v) is 13.6. The second-order valence-electron chi connectivity index (χ2n) is 10.4. The zero-order chi connectivity index (χ0) is 49.8. The maximum Gasteiger partial charge on any atom is 0.460 e. The van der Waals surface area contributed by atoms with Crippen molar-refractivity contribution in [3.63, 3.8) is 0 Å². The SMILES string of the molecule is O=S(=O)(OCC(F)(F)C(F)(F)C(F)(F)C(F)(F)C(F)(F)C(F)(F)C(F)(F)OC(F)(F)C(F)(F)OC(F)(F)C(F)(F)C(F)(F)C(F)(F)F)C(F)(F)C(F)(F)C(F)(F)C(F)(F)F. The molecule has 0 bridgehead atoms. The van der Waals surface area contributed by atoms with Gasteiger partial charge in [0.1, 0.15) is 6.61 Å². The highest BCUT2D eigenvalue weighted by atomic mass is 32.2. The molecule has 0 saturated heterocycles. The third kappa shape index (κ3) is 8.06. The van der Waals surface area contributed by atoms with Gasteiger partial charge in [-0.15, -0.1) is 0 Å². The summed E-state index contributed by atoms with van der Waals surface area (Å²) in [5, 5.41) is -8.44. The molecule has 0 rings (SSSR count). The van der Waals surface area contributed by atoms with Gasteiger partial charge in [-0.1, -0.05) is 0 Å². The summed E-state index contributed by atoms with van der Waals surface area (Å²) in [4.78, 5) is 0. The highest BCUT2D eigenvalue weighted by molar-refractivity contribution is 7.87. The average Bonchev–Trinajstić information content (AvgIpc) is 2.96. The van der Waals surface area contributed by atoms with E-state index < -0.39 is 118 Å². The van der Waals surface area contributed by atoms with Crippen molar-refractivity contribution in [2.75, 3.05) is 6.61 Å². The Bertz CT molecular complexity index is 1650. The van der Waals surface area contributed by atoms with Crippen LogP contribution in [0.25, 0.3) is 0 Å². The summed E-state index contributed by atoms with van der Waals surface area (Å²) in [6.45, 7) is -5.14. The summed E-state index contributed by atoms with van der Waals surface area (Å²) in [5.41, 5.74) is 0. The first-order valence-electron chi connectivity index (χ1n) is 12.2. The van der Waals surface area contributed by atoms with Crippen molar-refractivity contribution >= 4 is 10.1 Å². The Labute approximate surface area is 299 Å². The molecule has 0 radical (unpaired) electrons. The molecule has 0 N–H and O–H groups in total. The van der Waals surface area contributed by atoms with Crippen LogP contribution in [0, 0.1) is 0 Å². The number of alkyl halides is 36. The fraction of sp³-hybridized carbons (Fsp3) is 1.00. The van der Waals surface area contributed by atoms with Gasteiger partial charge in [0, 0.05) is 0 Å². The van der Waals surface area contributed by atoms with Crippen molar-refractivity contribution in [2.45, 2.75) is 101 Å². The lowest BCUT2D eigenvalue weighted by Crippen LogP contribution is -2.74. The van der Waals surface area contributed by atoms with E-state index in [4.69, 9.17) is 0 Å². The Hall–Kier alpha value is -2.69. The van der Waals surface area contributed by atoms with Gasteiger partial charge in [-0.05, 0) is 0 Å². The van der Waals surface area contributed by atoms with Crippen LogP contribution in [0.2, 0.25) is 0 Å². The zero-order valence-corrected chi connectivity index (χ0v) is 26.1. The summed E-state index contributed by atoms with van der Waals surface area (Å²) in [6, 6.07) is 0. The zero-order valence-electron chi connectivity index (χ0n) is 25.3. The van der Waals surface area contributed by atoms with E-state index in [1.54, 1.807) is 4.18 Å². The van der Waals surface area contributed by atoms with E-state index in [0.29, 0.717) is 4.74 Å². The van der Waals surface area contributed by atoms with Gasteiger partial charge in [0.2, 0.25) is 0 Å². The van der Waals surface area contributed by atoms with Gasteiger partial charge in [0.05, 0.1) is 0 Å². The van der Waals surface area contributed by atoms with E-state index in [1.165, 1.54) is 0 Å². The monoisotopic (exact) mass is 1010 g/mol. The molecule has 42 heteroatoms. The van der Waals surface area contributed by atoms with E-state index in [1.807, 2.05) is 0 Å². The van der Waals surface area contributed by atoms with Crippen LogP contribution < -0.4 is 0 Å². The van der Waals surface area contributed by atoms with Crippen LogP contribution in [0.3, 0.4) is 0 Å². The summed E-state index contributed by atoms with van der Waals surface area (Å²) >= 11 is 0. The second-order valence-corrected chi connectivity index (χ2v) is 12.0. The van der Waals surface area contributed by atoms with Crippen molar-refractivity contribution in [3.05, 3.63) is 0 Å². The molecule has 0 unspecified atom stereocenters. The lowest BCUT2D eigenvalue weighted by Gasteiger charge is -2.43. The summed E-state index contributed by atoms with van der Waals surface area (Å²) in [5.74, 6) is -90.4. The van der Waals surface area contributed by atoms with Crippen LogP contribution in [-0.4, -0.2) is 116 Å². The van der Waals surface area contributed by atoms with E-state index in [2.05, 4.69) is 0 Å². The molecule has 0 amide bonds. The Kier molecular flexibility index (Phi) is 13.8. The van der Waals surface area contributed by atoms with Gasteiger partial charge in [-0.2, -0.15) is 166 Å². The first kappa shape index (κ1) is 57.3. The van der Waals surface area contributed by atoms with Crippen molar-refractivity contribution in [1.82, 2.24) is 0 Å². The molecule has 0 fully saturated rings. The molecule has 0 aliphatic heterocycles. The third-order valence-corrected chi connectivity index (χ3v) is 7.51. The molecule has 0 atom stereocenters. The lowest BCUT2D eigenvalue weighted by atomic mass is 9.91. The van der Waals surface area contributed by atoms with Gasteiger partial charge < -0.3 is 0 Å². The quantitative estimate of drug-likeness (QED) is 0.0953. The second kappa shape index (κ2) is 14.4. The van der Waals surface area contributed by atoms with Gasteiger partial charge in [-0.25, -0.2) is 9.47 Å². The topological polar surface area (TPSA) is 61.8 Å². The van der Waals surface area contributed by atoms with E-state index in [0.717, 1.165) is 4.74 Å². The normalized spacial score (nSPS) is 17.1. The Morgan fingerprint density at radius 1 is 0.283 bits per heavy atom. The van der Waals surface area contributed by atoms with Crippen LogP contribution in [-0.2, 0) is 23.8 Å². The molecule has 5 nitrogen and oxygen atoms in total. The fourth-order valence-corrected chi connectivity index (χ4v) is 3.66.